The second-order valence-electron chi connectivity index (χ2n) is 7.90. The SMILES string of the molecule is O=C(NCC(NC(=O)c1cc(C2CC2)on1)C1CC1)c1cc(C2CC2)on1. The average Bonchev–Trinajstić information content (AvgIpc) is 3.57. The van der Waals surface area contributed by atoms with E-state index in [9.17, 15) is 9.59 Å². The summed E-state index contributed by atoms with van der Waals surface area (Å²) in [4.78, 5) is 24.8. The highest BCUT2D eigenvalue weighted by atomic mass is 16.5. The Hall–Kier alpha value is -2.64. The molecule has 0 saturated heterocycles. The van der Waals surface area contributed by atoms with Crippen molar-refractivity contribution in [2.75, 3.05) is 6.54 Å². The van der Waals surface area contributed by atoms with E-state index in [1.807, 2.05) is 0 Å². The second-order valence-corrected chi connectivity index (χ2v) is 7.90. The molecule has 0 aromatic carbocycles. The molecule has 8 heteroatoms. The van der Waals surface area contributed by atoms with Gasteiger partial charge in [0.2, 0.25) is 0 Å². The lowest BCUT2D eigenvalue weighted by Crippen LogP contribution is -2.45. The Morgan fingerprint density at radius 3 is 2.00 bits per heavy atom. The molecule has 1 unspecified atom stereocenters. The Kier molecular flexibility index (Phi) is 3.98. The summed E-state index contributed by atoms with van der Waals surface area (Å²) >= 11 is 0. The van der Waals surface area contributed by atoms with Gasteiger partial charge in [-0.2, -0.15) is 0 Å². The number of nitrogens with one attached hydrogen (secondary N) is 2. The van der Waals surface area contributed by atoms with E-state index in [1.54, 1.807) is 12.1 Å². The minimum Gasteiger partial charge on any atom is -0.360 e. The van der Waals surface area contributed by atoms with Crippen LogP contribution in [-0.4, -0.2) is 34.7 Å². The fourth-order valence-corrected chi connectivity index (χ4v) is 3.28. The minimum absolute atomic E-state index is 0.127. The van der Waals surface area contributed by atoms with E-state index in [0.717, 1.165) is 50.0 Å². The van der Waals surface area contributed by atoms with E-state index in [0.29, 0.717) is 35.7 Å². The van der Waals surface area contributed by atoms with Gasteiger partial charge in [0.1, 0.15) is 11.5 Å². The molecule has 8 nitrogen and oxygen atoms in total. The fourth-order valence-electron chi connectivity index (χ4n) is 3.28. The van der Waals surface area contributed by atoms with Gasteiger partial charge >= 0.3 is 0 Å². The second kappa shape index (κ2) is 6.51. The summed E-state index contributed by atoms with van der Waals surface area (Å²) in [6.45, 7) is 0.355. The van der Waals surface area contributed by atoms with Gasteiger partial charge in [0.25, 0.3) is 11.8 Å². The number of aromatic nitrogens is 2. The van der Waals surface area contributed by atoms with Crippen LogP contribution in [0.5, 0.6) is 0 Å². The van der Waals surface area contributed by atoms with Crippen LogP contribution in [0.15, 0.2) is 21.2 Å². The fraction of sp³-hybridized carbons (Fsp3) is 0.579. The molecule has 142 valence electrons. The standard InChI is InChI=1S/C19H22N4O4/c24-18(13-7-16(26-22-13)11-3-4-11)20-9-15(10-1-2-10)21-19(25)14-8-17(27-23-14)12-5-6-12/h7-8,10-12,15H,1-6,9H2,(H,20,24)(H,21,25). The van der Waals surface area contributed by atoms with E-state index in [2.05, 4.69) is 20.9 Å². The molecule has 3 aliphatic rings. The molecule has 0 bridgehead atoms. The third-order valence-corrected chi connectivity index (χ3v) is 5.47. The summed E-state index contributed by atoms with van der Waals surface area (Å²) < 4.78 is 10.5. The molecule has 27 heavy (non-hydrogen) atoms. The van der Waals surface area contributed by atoms with Crippen molar-refractivity contribution in [3.63, 3.8) is 0 Å². The van der Waals surface area contributed by atoms with Crippen molar-refractivity contribution in [1.29, 1.82) is 0 Å². The molecule has 3 fully saturated rings. The number of rotatable bonds is 8. The van der Waals surface area contributed by atoms with Gasteiger partial charge < -0.3 is 19.7 Å². The van der Waals surface area contributed by atoms with Gasteiger partial charge in [0.15, 0.2) is 11.4 Å². The van der Waals surface area contributed by atoms with Crippen LogP contribution in [0.1, 0.15) is 82.9 Å². The van der Waals surface area contributed by atoms with Crippen LogP contribution in [-0.2, 0) is 0 Å². The maximum absolute atomic E-state index is 12.5. The van der Waals surface area contributed by atoms with Crippen molar-refractivity contribution in [3.8, 4) is 0 Å². The van der Waals surface area contributed by atoms with Crippen LogP contribution in [0.4, 0.5) is 0 Å². The highest BCUT2D eigenvalue weighted by Gasteiger charge is 2.35. The molecular weight excluding hydrogens is 348 g/mol. The number of carbonyl (C=O) groups excluding carboxylic acids is 2. The van der Waals surface area contributed by atoms with Crippen molar-refractivity contribution < 1.29 is 18.6 Å². The minimum atomic E-state index is -0.275. The van der Waals surface area contributed by atoms with Gasteiger partial charge in [-0.05, 0) is 44.4 Å². The van der Waals surface area contributed by atoms with Crippen molar-refractivity contribution >= 4 is 11.8 Å². The number of nitrogens with zero attached hydrogens (tertiary/aromatic N) is 2. The normalized spacial score (nSPS) is 20.3. The number of carbonyl (C=O) groups is 2. The van der Waals surface area contributed by atoms with E-state index in [4.69, 9.17) is 9.05 Å². The molecule has 3 aliphatic carbocycles. The molecule has 2 heterocycles. The molecule has 3 saturated carbocycles. The summed E-state index contributed by atoms with van der Waals surface area (Å²) in [5.41, 5.74) is 0.600. The van der Waals surface area contributed by atoms with Gasteiger partial charge in [-0.3, -0.25) is 9.59 Å². The summed E-state index contributed by atoms with van der Waals surface area (Å²) in [6.07, 6.45) is 6.47. The first-order chi connectivity index (χ1) is 13.2. The van der Waals surface area contributed by atoms with Crippen molar-refractivity contribution in [1.82, 2.24) is 20.9 Å². The zero-order valence-electron chi connectivity index (χ0n) is 14.9. The lowest BCUT2D eigenvalue weighted by atomic mass is 10.1. The molecule has 0 radical (unpaired) electrons. The molecule has 2 N–H and O–H groups in total. The topological polar surface area (TPSA) is 110 Å². The lowest BCUT2D eigenvalue weighted by Gasteiger charge is -2.17. The van der Waals surface area contributed by atoms with Crippen LogP contribution in [0.2, 0.25) is 0 Å². The van der Waals surface area contributed by atoms with Gasteiger partial charge in [-0.15, -0.1) is 0 Å². The third kappa shape index (κ3) is 3.74. The van der Waals surface area contributed by atoms with Gasteiger partial charge in [0.05, 0.1) is 0 Å². The molecule has 2 amide bonds. The van der Waals surface area contributed by atoms with E-state index >= 15 is 0 Å². The van der Waals surface area contributed by atoms with Gasteiger partial charge in [-0.1, -0.05) is 10.3 Å². The first kappa shape index (κ1) is 16.5. The largest absolute Gasteiger partial charge is 0.360 e. The Bertz CT molecular complexity index is 861. The first-order valence-electron chi connectivity index (χ1n) is 9.69. The monoisotopic (exact) mass is 370 g/mol. The van der Waals surface area contributed by atoms with E-state index in [-0.39, 0.29) is 17.9 Å². The van der Waals surface area contributed by atoms with Crippen LogP contribution in [0.3, 0.4) is 0 Å². The third-order valence-electron chi connectivity index (χ3n) is 5.47. The van der Waals surface area contributed by atoms with Crippen LogP contribution < -0.4 is 10.6 Å². The Balaban J connectivity index is 1.17. The van der Waals surface area contributed by atoms with Crippen molar-refractivity contribution in [2.24, 2.45) is 5.92 Å². The van der Waals surface area contributed by atoms with Crippen LogP contribution in [0, 0.1) is 5.92 Å². The molecule has 0 aliphatic heterocycles. The summed E-state index contributed by atoms with van der Waals surface area (Å²) in [7, 11) is 0. The van der Waals surface area contributed by atoms with E-state index in [1.165, 1.54) is 0 Å². The van der Waals surface area contributed by atoms with Crippen LogP contribution in [0.25, 0.3) is 0 Å². The molecule has 0 spiro atoms. The number of hydrogen-bond donors (Lipinski definition) is 2. The lowest BCUT2D eigenvalue weighted by molar-refractivity contribution is 0.0894. The molecule has 1 atom stereocenters. The Morgan fingerprint density at radius 1 is 0.926 bits per heavy atom. The zero-order chi connectivity index (χ0) is 18.4. The van der Waals surface area contributed by atoms with Crippen LogP contribution >= 0.6 is 0 Å². The zero-order valence-corrected chi connectivity index (χ0v) is 14.9. The van der Waals surface area contributed by atoms with Crippen molar-refractivity contribution in [2.45, 2.75) is 56.4 Å². The predicted octanol–water partition coefficient (Wildman–Crippen LogP) is 2.36. The average molecular weight is 370 g/mol. The Morgan fingerprint density at radius 2 is 1.48 bits per heavy atom. The smallest absolute Gasteiger partial charge is 0.273 e. The highest BCUT2D eigenvalue weighted by molar-refractivity contribution is 5.93. The number of amides is 2. The molecular formula is C19H22N4O4. The van der Waals surface area contributed by atoms with Gasteiger partial charge in [-0.25, -0.2) is 0 Å². The summed E-state index contributed by atoms with van der Waals surface area (Å²) in [5.74, 6) is 2.25. The highest BCUT2D eigenvalue weighted by Crippen LogP contribution is 2.41. The summed E-state index contributed by atoms with van der Waals surface area (Å²) in [6, 6.07) is 3.31. The van der Waals surface area contributed by atoms with Crippen molar-refractivity contribution in [3.05, 3.63) is 35.0 Å². The predicted molar refractivity (Wildman–Crippen MR) is 93.3 cm³/mol. The maximum Gasteiger partial charge on any atom is 0.273 e. The van der Waals surface area contributed by atoms with Gasteiger partial charge in [0, 0.05) is 36.6 Å². The first-order valence-corrected chi connectivity index (χ1v) is 9.69. The molecule has 5 rings (SSSR count). The Labute approximate surface area is 156 Å². The molecule has 2 aromatic heterocycles. The molecule has 2 aromatic rings. The van der Waals surface area contributed by atoms with E-state index < -0.39 is 0 Å². The summed E-state index contributed by atoms with van der Waals surface area (Å²) in [5, 5.41) is 13.6. The maximum atomic E-state index is 12.5. The number of hydrogen-bond acceptors (Lipinski definition) is 6. The quantitative estimate of drug-likeness (QED) is 0.738.